The third-order valence-electron chi connectivity index (χ3n) is 6.62. The van der Waals surface area contributed by atoms with Gasteiger partial charge in [0.05, 0.1) is 6.61 Å². The Morgan fingerprint density at radius 3 is 2.50 bits per heavy atom. The number of benzene rings is 2. The van der Waals surface area contributed by atoms with Gasteiger partial charge in [-0.2, -0.15) is 0 Å². The molecule has 2 aliphatic heterocycles. The zero-order valence-electron chi connectivity index (χ0n) is 18.7. The first kappa shape index (κ1) is 23.2. The van der Waals surface area contributed by atoms with Crippen LogP contribution in [0.25, 0.3) is 0 Å². The highest BCUT2D eigenvalue weighted by atomic mass is 35.5. The van der Waals surface area contributed by atoms with Crippen molar-refractivity contribution in [2.45, 2.75) is 32.8 Å². The standard InChI is InChI=1S/C26H32ClFN2O2/c1-19-12-23(14-24(27)13-19)26(31)30-11-8-22(16-30)15-29-9-6-21(7-10-29)18-32-17-20-2-4-25(28)5-3-20/h2-5,12-14,21-22H,6-11,15-18H2,1H3/t22-/m1/s1. The lowest BCUT2D eigenvalue weighted by molar-refractivity contribution is 0.0543. The minimum Gasteiger partial charge on any atom is -0.376 e. The van der Waals surface area contributed by atoms with Crippen molar-refractivity contribution in [1.82, 2.24) is 9.80 Å². The highest BCUT2D eigenvalue weighted by Crippen LogP contribution is 2.25. The van der Waals surface area contributed by atoms with E-state index < -0.39 is 0 Å². The molecule has 6 heteroatoms. The average molecular weight is 459 g/mol. The van der Waals surface area contributed by atoms with Crippen molar-refractivity contribution >= 4 is 17.5 Å². The van der Waals surface area contributed by atoms with Crippen molar-refractivity contribution < 1.29 is 13.9 Å². The molecular weight excluding hydrogens is 427 g/mol. The van der Waals surface area contributed by atoms with E-state index >= 15 is 0 Å². The predicted molar refractivity (Wildman–Crippen MR) is 125 cm³/mol. The lowest BCUT2D eigenvalue weighted by Gasteiger charge is -2.33. The molecule has 2 aromatic carbocycles. The van der Waals surface area contributed by atoms with E-state index in [1.807, 2.05) is 24.0 Å². The predicted octanol–water partition coefficient (Wildman–Crippen LogP) is 5.18. The van der Waals surface area contributed by atoms with Crippen molar-refractivity contribution in [2.24, 2.45) is 11.8 Å². The molecule has 2 aromatic rings. The second-order valence-electron chi connectivity index (χ2n) is 9.31. The number of halogens is 2. The van der Waals surface area contributed by atoms with Gasteiger partial charge in [-0.3, -0.25) is 4.79 Å². The molecule has 0 N–H and O–H groups in total. The number of rotatable bonds is 7. The fourth-order valence-electron chi connectivity index (χ4n) is 4.83. The van der Waals surface area contributed by atoms with Gasteiger partial charge in [0.1, 0.15) is 5.82 Å². The Morgan fingerprint density at radius 1 is 1.06 bits per heavy atom. The summed E-state index contributed by atoms with van der Waals surface area (Å²) >= 11 is 6.14. The molecule has 0 unspecified atom stereocenters. The molecule has 32 heavy (non-hydrogen) atoms. The molecule has 0 radical (unpaired) electrons. The summed E-state index contributed by atoms with van der Waals surface area (Å²) in [7, 11) is 0. The van der Waals surface area contributed by atoms with Crippen LogP contribution in [0.3, 0.4) is 0 Å². The van der Waals surface area contributed by atoms with Crippen molar-refractivity contribution in [3.8, 4) is 0 Å². The van der Waals surface area contributed by atoms with Crippen molar-refractivity contribution in [3.05, 3.63) is 70.0 Å². The van der Waals surface area contributed by atoms with Crippen LogP contribution in [0.5, 0.6) is 0 Å². The number of carbonyl (C=O) groups excluding carboxylic acids is 1. The smallest absolute Gasteiger partial charge is 0.253 e. The Morgan fingerprint density at radius 2 is 1.78 bits per heavy atom. The van der Waals surface area contributed by atoms with Gasteiger partial charge in [0.2, 0.25) is 0 Å². The van der Waals surface area contributed by atoms with Gasteiger partial charge in [0.25, 0.3) is 5.91 Å². The molecule has 0 saturated carbocycles. The fourth-order valence-corrected chi connectivity index (χ4v) is 5.12. The van der Waals surface area contributed by atoms with Crippen LogP contribution in [0, 0.1) is 24.6 Å². The molecule has 0 spiro atoms. The minimum atomic E-state index is -0.213. The molecule has 4 nitrogen and oxygen atoms in total. The fraction of sp³-hybridized carbons (Fsp3) is 0.500. The van der Waals surface area contributed by atoms with Gasteiger partial charge in [0.15, 0.2) is 0 Å². The SMILES string of the molecule is Cc1cc(Cl)cc(C(=O)N2CC[C@H](CN3CCC(COCc4ccc(F)cc4)CC3)C2)c1. The second-order valence-corrected chi connectivity index (χ2v) is 9.75. The van der Waals surface area contributed by atoms with Crippen molar-refractivity contribution in [3.63, 3.8) is 0 Å². The molecule has 0 aliphatic carbocycles. The summed E-state index contributed by atoms with van der Waals surface area (Å²) in [5.74, 6) is 0.996. The first-order valence-electron chi connectivity index (χ1n) is 11.6. The number of likely N-dealkylation sites (tertiary alicyclic amines) is 2. The number of hydrogen-bond acceptors (Lipinski definition) is 3. The molecule has 1 atom stereocenters. The summed E-state index contributed by atoms with van der Waals surface area (Å²) in [6, 6.07) is 12.1. The topological polar surface area (TPSA) is 32.8 Å². The largest absolute Gasteiger partial charge is 0.376 e. The van der Waals surface area contributed by atoms with Crippen LogP contribution in [0.15, 0.2) is 42.5 Å². The maximum Gasteiger partial charge on any atom is 0.253 e. The van der Waals surface area contributed by atoms with E-state index in [4.69, 9.17) is 16.3 Å². The zero-order valence-corrected chi connectivity index (χ0v) is 19.5. The van der Waals surface area contributed by atoms with E-state index in [1.54, 1.807) is 18.2 Å². The summed E-state index contributed by atoms with van der Waals surface area (Å²) in [5, 5.41) is 0.619. The molecule has 2 saturated heterocycles. The van der Waals surface area contributed by atoms with E-state index in [0.717, 1.165) is 69.7 Å². The van der Waals surface area contributed by atoms with Crippen LogP contribution in [0.1, 0.15) is 40.7 Å². The summed E-state index contributed by atoms with van der Waals surface area (Å²) in [5.41, 5.74) is 2.72. The van der Waals surface area contributed by atoms with Crippen LogP contribution in [-0.2, 0) is 11.3 Å². The highest BCUT2D eigenvalue weighted by molar-refractivity contribution is 6.31. The normalized spacial score (nSPS) is 20.1. The second kappa shape index (κ2) is 10.8. The van der Waals surface area contributed by atoms with Gasteiger partial charge in [-0.1, -0.05) is 23.7 Å². The van der Waals surface area contributed by atoms with Gasteiger partial charge >= 0.3 is 0 Å². The molecular formula is C26H32ClFN2O2. The number of aryl methyl sites for hydroxylation is 1. The van der Waals surface area contributed by atoms with Crippen LogP contribution in [-0.4, -0.2) is 55.0 Å². The monoisotopic (exact) mass is 458 g/mol. The van der Waals surface area contributed by atoms with E-state index in [0.29, 0.717) is 29.0 Å². The van der Waals surface area contributed by atoms with Gasteiger partial charge in [-0.15, -0.1) is 0 Å². The lowest BCUT2D eigenvalue weighted by Crippen LogP contribution is -2.39. The summed E-state index contributed by atoms with van der Waals surface area (Å²) in [6.45, 7) is 8.14. The van der Waals surface area contributed by atoms with Crippen LogP contribution in [0.2, 0.25) is 5.02 Å². The van der Waals surface area contributed by atoms with Crippen LogP contribution in [0.4, 0.5) is 4.39 Å². The number of ether oxygens (including phenoxy) is 1. The Balaban J connectivity index is 1.16. The zero-order chi connectivity index (χ0) is 22.5. The van der Waals surface area contributed by atoms with Crippen molar-refractivity contribution in [2.75, 3.05) is 39.3 Å². The molecule has 2 aliphatic rings. The molecule has 2 heterocycles. The first-order valence-corrected chi connectivity index (χ1v) is 11.9. The van der Waals surface area contributed by atoms with E-state index in [2.05, 4.69) is 4.90 Å². The molecule has 0 aromatic heterocycles. The van der Waals surface area contributed by atoms with E-state index in [1.165, 1.54) is 12.1 Å². The summed E-state index contributed by atoms with van der Waals surface area (Å²) < 4.78 is 18.9. The third kappa shape index (κ3) is 6.31. The van der Waals surface area contributed by atoms with E-state index in [-0.39, 0.29) is 11.7 Å². The first-order chi connectivity index (χ1) is 15.5. The number of nitrogens with zero attached hydrogens (tertiary/aromatic N) is 2. The number of amides is 1. The quantitative estimate of drug-likeness (QED) is 0.573. The third-order valence-corrected chi connectivity index (χ3v) is 6.84. The van der Waals surface area contributed by atoms with Crippen LogP contribution >= 0.6 is 11.6 Å². The molecule has 2 fully saturated rings. The minimum absolute atomic E-state index is 0.0927. The Bertz CT molecular complexity index is 892. The van der Waals surface area contributed by atoms with Gasteiger partial charge in [0, 0.05) is 36.8 Å². The Labute approximate surface area is 195 Å². The maximum absolute atomic E-state index is 13.0. The molecule has 172 valence electrons. The van der Waals surface area contributed by atoms with E-state index in [9.17, 15) is 9.18 Å². The summed E-state index contributed by atoms with van der Waals surface area (Å²) in [4.78, 5) is 17.4. The molecule has 4 rings (SSSR count). The van der Waals surface area contributed by atoms with Gasteiger partial charge < -0.3 is 14.5 Å². The number of hydrogen-bond donors (Lipinski definition) is 0. The summed E-state index contributed by atoms with van der Waals surface area (Å²) in [6.07, 6.45) is 3.34. The highest BCUT2D eigenvalue weighted by Gasteiger charge is 2.29. The molecule has 1 amide bonds. The average Bonchev–Trinajstić information content (AvgIpc) is 3.23. The molecule has 0 bridgehead atoms. The number of piperidine rings is 1. The van der Waals surface area contributed by atoms with Crippen molar-refractivity contribution in [1.29, 1.82) is 0 Å². The van der Waals surface area contributed by atoms with Gasteiger partial charge in [-0.05, 0) is 92.6 Å². The Hall–Kier alpha value is -1.95. The lowest BCUT2D eigenvalue weighted by atomic mass is 9.96. The number of carbonyl (C=O) groups is 1. The van der Waals surface area contributed by atoms with Gasteiger partial charge in [-0.25, -0.2) is 4.39 Å². The van der Waals surface area contributed by atoms with Crippen LogP contribution < -0.4 is 0 Å². The maximum atomic E-state index is 13.0. The Kier molecular flexibility index (Phi) is 7.82.